The fourth-order valence-electron chi connectivity index (χ4n) is 2.72. The van der Waals surface area contributed by atoms with E-state index in [1.54, 1.807) is 24.5 Å². The van der Waals surface area contributed by atoms with Crippen molar-refractivity contribution >= 4 is 17.5 Å². The van der Waals surface area contributed by atoms with Crippen molar-refractivity contribution in [2.75, 3.05) is 10.6 Å². The molecular weight excluding hydrogens is 379 g/mol. The largest absolute Gasteiger partial charge is 0.416 e. The van der Waals surface area contributed by atoms with E-state index in [1.165, 1.54) is 13.0 Å². The molecule has 0 aliphatic rings. The van der Waals surface area contributed by atoms with Gasteiger partial charge in [-0.1, -0.05) is 13.0 Å². The van der Waals surface area contributed by atoms with Crippen LogP contribution in [0.1, 0.15) is 31.4 Å². The predicted molar refractivity (Wildman–Crippen MR) is 108 cm³/mol. The second kappa shape index (κ2) is 8.46. The first-order valence-corrected chi connectivity index (χ1v) is 9.27. The molecule has 0 aliphatic heterocycles. The van der Waals surface area contributed by atoms with Crippen molar-refractivity contribution in [2.24, 2.45) is 0 Å². The van der Waals surface area contributed by atoms with E-state index in [-0.39, 0.29) is 11.6 Å². The van der Waals surface area contributed by atoms with Crippen LogP contribution in [0.3, 0.4) is 0 Å². The average Bonchev–Trinajstić information content (AvgIpc) is 2.69. The van der Waals surface area contributed by atoms with Crippen LogP contribution in [0.15, 0.2) is 48.8 Å². The van der Waals surface area contributed by atoms with Crippen LogP contribution in [0.2, 0.25) is 0 Å². The number of nitrogens with zero attached hydrogens (tertiary/aromatic N) is 3. The molecule has 0 amide bonds. The van der Waals surface area contributed by atoms with Gasteiger partial charge in [-0.25, -0.2) is 4.98 Å². The summed E-state index contributed by atoms with van der Waals surface area (Å²) in [7, 11) is 0. The molecule has 1 atom stereocenters. The number of pyridine rings is 1. The molecule has 0 unspecified atom stereocenters. The summed E-state index contributed by atoms with van der Waals surface area (Å²) in [5.74, 6) is 0.800. The van der Waals surface area contributed by atoms with Gasteiger partial charge in [-0.05, 0) is 50.1 Å². The van der Waals surface area contributed by atoms with Gasteiger partial charge in [0.2, 0.25) is 5.95 Å². The van der Waals surface area contributed by atoms with Crippen molar-refractivity contribution in [3.05, 3.63) is 59.9 Å². The summed E-state index contributed by atoms with van der Waals surface area (Å²) in [5.41, 5.74) is 1.26. The zero-order valence-corrected chi connectivity index (χ0v) is 16.4. The molecule has 29 heavy (non-hydrogen) atoms. The summed E-state index contributed by atoms with van der Waals surface area (Å²) in [4.78, 5) is 13.0. The summed E-state index contributed by atoms with van der Waals surface area (Å²) in [5, 5.41) is 6.19. The topological polar surface area (TPSA) is 62.7 Å². The Morgan fingerprint density at radius 3 is 2.41 bits per heavy atom. The van der Waals surface area contributed by atoms with Crippen molar-refractivity contribution in [2.45, 2.75) is 39.4 Å². The van der Waals surface area contributed by atoms with E-state index in [0.717, 1.165) is 18.1 Å². The molecule has 0 spiro atoms. The SMILES string of the molecule is CC[C@H](C)Nc1nc(Nc2ccc(C)c(C(F)(F)F)c2)cc(-c2ccncc2)n1. The lowest BCUT2D eigenvalue weighted by molar-refractivity contribution is -0.138. The highest BCUT2D eigenvalue weighted by Gasteiger charge is 2.32. The van der Waals surface area contributed by atoms with E-state index in [2.05, 4.69) is 25.6 Å². The lowest BCUT2D eigenvalue weighted by Crippen LogP contribution is -2.16. The van der Waals surface area contributed by atoms with Crippen LogP contribution in [-0.2, 0) is 6.18 Å². The summed E-state index contributed by atoms with van der Waals surface area (Å²) < 4.78 is 39.7. The van der Waals surface area contributed by atoms with Crippen LogP contribution in [0.25, 0.3) is 11.3 Å². The molecule has 2 heterocycles. The van der Waals surface area contributed by atoms with Gasteiger partial charge < -0.3 is 10.6 Å². The summed E-state index contributed by atoms with van der Waals surface area (Å²) in [6, 6.07) is 9.59. The number of aromatic nitrogens is 3. The first-order valence-electron chi connectivity index (χ1n) is 9.27. The molecule has 8 heteroatoms. The van der Waals surface area contributed by atoms with Gasteiger partial charge in [-0.3, -0.25) is 4.98 Å². The molecule has 0 saturated carbocycles. The van der Waals surface area contributed by atoms with E-state index < -0.39 is 11.7 Å². The number of rotatable bonds is 6. The zero-order chi connectivity index (χ0) is 21.0. The van der Waals surface area contributed by atoms with Gasteiger partial charge in [0.25, 0.3) is 0 Å². The molecule has 3 rings (SSSR count). The van der Waals surface area contributed by atoms with Crippen molar-refractivity contribution in [1.82, 2.24) is 15.0 Å². The molecule has 5 nitrogen and oxygen atoms in total. The van der Waals surface area contributed by atoms with Crippen LogP contribution in [0.4, 0.5) is 30.6 Å². The highest BCUT2D eigenvalue weighted by atomic mass is 19.4. The summed E-state index contributed by atoms with van der Waals surface area (Å²) >= 11 is 0. The standard InChI is InChI=1S/C21H22F3N5/c1-4-14(3)26-20-28-18(15-7-9-25-10-8-15)12-19(29-20)27-16-6-5-13(2)17(11-16)21(22,23)24/h5-12,14H,4H2,1-3H3,(H2,26,27,28,29)/t14-/m0/s1. The third-order valence-electron chi connectivity index (χ3n) is 4.51. The van der Waals surface area contributed by atoms with Gasteiger partial charge >= 0.3 is 6.18 Å². The molecule has 3 aromatic rings. The quantitative estimate of drug-likeness (QED) is 0.545. The average molecular weight is 401 g/mol. The van der Waals surface area contributed by atoms with Crippen molar-refractivity contribution in [3.63, 3.8) is 0 Å². The van der Waals surface area contributed by atoms with E-state index >= 15 is 0 Å². The van der Waals surface area contributed by atoms with E-state index in [4.69, 9.17) is 0 Å². The lowest BCUT2D eigenvalue weighted by Gasteiger charge is -2.16. The number of hydrogen-bond acceptors (Lipinski definition) is 5. The van der Waals surface area contributed by atoms with Crippen LogP contribution in [-0.4, -0.2) is 21.0 Å². The molecule has 0 radical (unpaired) electrons. The maximum atomic E-state index is 13.2. The van der Waals surface area contributed by atoms with E-state index in [9.17, 15) is 13.2 Å². The second-order valence-electron chi connectivity index (χ2n) is 6.80. The maximum absolute atomic E-state index is 13.2. The Bertz CT molecular complexity index is 974. The van der Waals surface area contributed by atoms with Gasteiger partial charge in [0, 0.05) is 35.8 Å². The summed E-state index contributed by atoms with van der Waals surface area (Å²) in [6.45, 7) is 5.48. The number of nitrogens with one attached hydrogen (secondary N) is 2. The number of aryl methyl sites for hydroxylation is 1. The van der Waals surface area contributed by atoms with Crippen molar-refractivity contribution < 1.29 is 13.2 Å². The van der Waals surface area contributed by atoms with Gasteiger partial charge in [0.15, 0.2) is 0 Å². The van der Waals surface area contributed by atoms with Crippen molar-refractivity contribution in [3.8, 4) is 11.3 Å². The van der Waals surface area contributed by atoms with E-state index in [0.29, 0.717) is 23.1 Å². The van der Waals surface area contributed by atoms with Crippen LogP contribution < -0.4 is 10.6 Å². The molecule has 2 N–H and O–H groups in total. The Hall–Kier alpha value is -3.16. The molecule has 0 aliphatic carbocycles. The Morgan fingerprint density at radius 1 is 1.03 bits per heavy atom. The van der Waals surface area contributed by atoms with Gasteiger partial charge in [-0.2, -0.15) is 18.2 Å². The molecule has 152 valence electrons. The van der Waals surface area contributed by atoms with Crippen LogP contribution in [0, 0.1) is 6.92 Å². The van der Waals surface area contributed by atoms with Gasteiger partial charge in [-0.15, -0.1) is 0 Å². The first kappa shape index (κ1) is 20.6. The Kier molecular flexibility index (Phi) is 6.00. The Morgan fingerprint density at radius 2 is 1.76 bits per heavy atom. The second-order valence-corrected chi connectivity index (χ2v) is 6.80. The smallest absolute Gasteiger partial charge is 0.352 e. The number of hydrogen-bond donors (Lipinski definition) is 2. The Balaban J connectivity index is 1.99. The minimum Gasteiger partial charge on any atom is -0.352 e. The lowest BCUT2D eigenvalue weighted by atomic mass is 10.1. The van der Waals surface area contributed by atoms with Gasteiger partial charge in [0.1, 0.15) is 5.82 Å². The van der Waals surface area contributed by atoms with Crippen LogP contribution >= 0.6 is 0 Å². The molecular formula is C21H22F3N5. The van der Waals surface area contributed by atoms with Crippen molar-refractivity contribution in [1.29, 1.82) is 0 Å². The number of alkyl halides is 3. The Labute approximate surface area is 167 Å². The molecule has 2 aromatic heterocycles. The predicted octanol–water partition coefficient (Wildman–Crippen LogP) is 5.82. The minimum atomic E-state index is -4.42. The highest BCUT2D eigenvalue weighted by Crippen LogP contribution is 2.34. The fraction of sp³-hybridized carbons (Fsp3) is 0.286. The normalized spacial score (nSPS) is 12.5. The molecule has 1 aromatic carbocycles. The molecule has 0 fully saturated rings. The van der Waals surface area contributed by atoms with Crippen LogP contribution in [0.5, 0.6) is 0 Å². The minimum absolute atomic E-state index is 0.145. The highest BCUT2D eigenvalue weighted by molar-refractivity contribution is 5.67. The maximum Gasteiger partial charge on any atom is 0.416 e. The first-order chi connectivity index (χ1) is 13.8. The number of anilines is 3. The third-order valence-corrected chi connectivity index (χ3v) is 4.51. The number of halogens is 3. The fourth-order valence-corrected chi connectivity index (χ4v) is 2.72. The monoisotopic (exact) mass is 401 g/mol. The number of benzene rings is 1. The zero-order valence-electron chi connectivity index (χ0n) is 16.4. The van der Waals surface area contributed by atoms with E-state index in [1.807, 2.05) is 26.0 Å². The molecule has 0 bridgehead atoms. The summed E-state index contributed by atoms with van der Waals surface area (Å²) in [6.07, 6.45) is -0.235. The third kappa shape index (κ3) is 5.22. The van der Waals surface area contributed by atoms with Gasteiger partial charge in [0.05, 0.1) is 11.3 Å². The molecule has 0 saturated heterocycles.